The third kappa shape index (κ3) is 5.11. The average molecular weight is 258 g/mol. The van der Waals surface area contributed by atoms with Crippen LogP contribution in [0.15, 0.2) is 24.3 Å². The second kappa shape index (κ2) is 7.62. The molecule has 6 heteroatoms. The molecule has 0 aliphatic heterocycles. The van der Waals surface area contributed by atoms with Crippen molar-refractivity contribution in [2.75, 3.05) is 13.2 Å². The van der Waals surface area contributed by atoms with E-state index < -0.39 is 37.4 Å². The molecule has 2 atom stereocenters. The summed E-state index contributed by atoms with van der Waals surface area (Å²) < 4.78 is 9.68. The molecule has 0 aliphatic rings. The van der Waals surface area contributed by atoms with Gasteiger partial charge in [0.25, 0.3) is 0 Å². The molecule has 0 aromatic carbocycles. The quantitative estimate of drug-likeness (QED) is 0.491. The summed E-state index contributed by atoms with van der Waals surface area (Å²) in [6.07, 6.45) is -2.30. The van der Waals surface area contributed by atoms with Gasteiger partial charge in [-0.1, -0.05) is 13.2 Å². The molecule has 0 rings (SSSR count). The number of ether oxygens (including phenoxy) is 2. The van der Waals surface area contributed by atoms with Gasteiger partial charge in [-0.05, 0) is 13.8 Å². The first-order valence-electron chi connectivity index (χ1n) is 5.28. The zero-order valence-corrected chi connectivity index (χ0v) is 10.5. The lowest BCUT2D eigenvalue weighted by Crippen LogP contribution is -2.40. The summed E-state index contributed by atoms with van der Waals surface area (Å²) in [5.74, 6) is -1.47. The van der Waals surface area contributed by atoms with Gasteiger partial charge in [0.05, 0.1) is 13.2 Å². The second-order valence-corrected chi connectivity index (χ2v) is 3.81. The smallest absolute Gasteiger partial charge is 0.333 e. The lowest BCUT2D eigenvalue weighted by molar-refractivity contribution is -0.169. The van der Waals surface area contributed by atoms with E-state index >= 15 is 0 Å². The number of rotatable bonds is 7. The van der Waals surface area contributed by atoms with Crippen LogP contribution in [0.5, 0.6) is 0 Å². The van der Waals surface area contributed by atoms with Crippen LogP contribution in [0.4, 0.5) is 0 Å². The summed E-state index contributed by atoms with van der Waals surface area (Å²) in [7, 11) is 0. The minimum absolute atomic E-state index is 0.136. The molecule has 0 spiro atoms. The van der Waals surface area contributed by atoms with Crippen molar-refractivity contribution in [3.8, 4) is 0 Å². The summed E-state index contributed by atoms with van der Waals surface area (Å²) >= 11 is 0. The fourth-order valence-electron chi connectivity index (χ4n) is 0.938. The van der Waals surface area contributed by atoms with Gasteiger partial charge in [-0.15, -0.1) is 0 Å². The third-order valence-corrected chi connectivity index (χ3v) is 1.99. The van der Waals surface area contributed by atoms with Gasteiger partial charge in [0.15, 0.2) is 12.2 Å². The second-order valence-electron chi connectivity index (χ2n) is 3.81. The van der Waals surface area contributed by atoms with Crippen molar-refractivity contribution in [3.63, 3.8) is 0 Å². The molecule has 0 aromatic heterocycles. The Hall–Kier alpha value is -1.66. The predicted octanol–water partition coefficient (Wildman–Crippen LogP) is -0.0532. The van der Waals surface area contributed by atoms with Gasteiger partial charge in [0, 0.05) is 11.1 Å². The number of carbonyl (C=O) groups is 2. The molecule has 18 heavy (non-hydrogen) atoms. The summed E-state index contributed by atoms with van der Waals surface area (Å²) in [6, 6.07) is 0. The van der Waals surface area contributed by atoms with Gasteiger partial charge in [0.1, 0.15) is 0 Å². The van der Waals surface area contributed by atoms with Crippen molar-refractivity contribution in [3.05, 3.63) is 24.3 Å². The highest BCUT2D eigenvalue weighted by molar-refractivity contribution is 5.88. The van der Waals surface area contributed by atoms with E-state index in [9.17, 15) is 9.59 Å². The molecule has 2 N–H and O–H groups in total. The number of esters is 2. The van der Waals surface area contributed by atoms with Crippen molar-refractivity contribution >= 4 is 11.9 Å². The molecule has 0 fully saturated rings. The first-order valence-corrected chi connectivity index (χ1v) is 5.28. The summed E-state index contributed by atoms with van der Waals surface area (Å²) in [5.41, 5.74) is 0.271. The molecule has 2 unspecified atom stereocenters. The minimum atomic E-state index is -1.15. The Bertz CT molecular complexity index is 312. The van der Waals surface area contributed by atoms with Crippen LogP contribution in [-0.4, -0.2) is 47.6 Å². The highest BCUT2D eigenvalue weighted by atomic mass is 16.6. The molecule has 0 bridgehead atoms. The van der Waals surface area contributed by atoms with Crippen LogP contribution in [0, 0.1) is 0 Å². The van der Waals surface area contributed by atoms with E-state index in [0.29, 0.717) is 0 Å². The van der Waals surface area contributed by atoms with E-state index in [1.165, 1.54) is 13.8 Å². The molecule has 6 nitrogen and oxygen atoms in total. The Balaban J connectivity index is 4.67. The fourth-order valence-corrected chi connectivity index (χ4v) is 0.938. The molecule has 0 amide bonds. The molecule has 0 saturated carbocycles. The molecule has 0 saturated heterocycles. The third-order valence-electron chi connectivity index (χ3n) is 1.99. The lowest BCUT2D eigenvalue weighted by atomic mass is 10.2. The van der Waals surface area contributed by atoms with Crippen molar-refractivity contribution < 1.29 is 29.3 Å². The number of aliphatic hydroxyl groups is 2. The molecular formula is C12H18O6. The van der Waals surface area contributed by atoms with Gasteiger partial charge < -0.3 is 19.7 Å². The Labute approximate surface area is 106 Å². The Kier molecular flexibility index (Phi) is 6.92. The van der Waals surface area contributed by atoms with E-state index in [-0.39, 0.29) is 11.1 Å². The van der Waals surface area contributed by atoms with E-state index in [2.05, 4.69) is 13.2 Å². The summed E-state index contributed by atoms with van der Waals surface area (Å²) in [5, 5.41) is 18.2. The lowest BCUT2D eigenvalue weighted by Gasteiger charge is -2.24. The molecule has 0 aliphatic carbocycles. The van der Waals surface area contributed by atoms with Crippen LogP contribution < -0.4 is 0 Å². The van der Waals surface area contributed by atoms with Crippen LogP contribution in [-0.2, 0) is 19.1 Å². The van der Waals surface area contributed by atoms with E-state index in [1.54, 1.807) is 0 Å². The van der Waals surface area contributed by atoms with Crippen LogP contribution >= 0.6 is 0 Å². The van der Waals surface area contributed by atoms with E-state index in [0.717, 1.165) is 0 Å². The molecular weight excluding hydrogens is 240 g/mol. The van der Waals surface area contributed by atoms with E-state index in [1.807, 2.05) is 0 Å². The Morgan fingerprint density at radius 2 is 1.22 bits per heavy atom. The van der Waals surface area contributed by atoms with Crippen molar-refractivity contribution in [2.24, 2.45) is 0 Å². The van der Waals surface area contributed by atoms with E-state index in [4.69, 9.17) is 19.7 Å². The molecule has 0 aromatic rings. The average Bonchev–Trinajstić information content (AvgIpc) is 2.32. The highest BCUT2D eigenvalue weighted by Crippen LogP contribution is 2.09. The summed E-state index contributed by atoms with van der Waals surface area (Å²) in [6.45, 7) is 8.44. The van der Waals surface area contributed by atoms with Gasteiger partial charge >= 0.3 is 11.9 Å². The highest BCUT2D eigenvalue weighted by Gasteiger charge is 2.28. The number of aliphatic hydroxyl groups excluding tert-OH is 2. The number of hydrogen-bond donors (Lipinski definition) is 2. The molecule has 0 radical (unpaired) electrons. The largest absolute Gasteiger partial charge is 0.453 e. The predicted molar refractivity (Wildman–Crippen MR) is 63.6 cm³/mol. The van der Waals surface area contributed by atoms with Crippen molar-refractivity contribution in [1.82, 2.24) is 0 Å². The minimum Gasteiger partial charge on any atom is -0.453 e. The van der Waals surface area contributed by atoms with Gasteiger partial charge in [-0.2, -0.15) is 0 Å². The first-order chi connectivity index (χ1) is 8.33. The maximum absolute atomic E-state index is 11.3. The molecule has 102 valence electrons. The maximum atomic E-state index is 11.3. The Morgan fingerprint density at radius 3 is 1.39 bits per heavy atom. The van der Waals surface area contributed by atoms with Crippen LogP contribution in [0.2, 0.25) is 0 Å². The van der Waals surface area contributed by atoms with Crippen LogP contribution in [0.25, 0.3) is 0 Å². The fraction of sp³-hybridized carbons (Fsp3) is 0.500. The first kappa shape index (κ1) is 16.3. The SMILES string of the molecule is C=C(C)C(=O)OC(CO)C(CO)OC(=O)C(=C)C. The molecule has 0 heterocycles. The monoisotopic (exact) mass is 258 g/mol. The normalized spacial score (nSPS) is 13.3. The van der Waals surface area contributed by atoms with Gasteiger partial charge in [0.2, 0.25) is 0 Å². The zero-order valence-electron chi connectivity index (χ0n) is 10.5. The number of carbonyl (C=O) groups excluding carboxylic acids is 2. The maximum Gasteiger partial charge on any atom is 0.333 e. The van der Waals surface area contributed by atoms with Gasteiger partial charge in [-0.3, -0.25) is 0 Å². The topological polar surface area (TPSA) is 93.1 Å². The summed E-state index contributed by atoms with van der Waals surface area (Å²) in [4.78, 5) is 22.6. The zero-order chi connectivity index (χ0) is 14.3. The van der Waals surface area contributed by atoms with Crippen molar-refractivity contribution in [1.29, 1.82) is 0 Å². The van der Waals surface area contributed by atoms with Crippen LogP contribution in [0.3, 0.4) is 0 Å². The number of hydrogen-bond acceptors (Lipinski definition) is 6. The van der Waals surface area contributed by atoms with Gasteiger partial charge in [-0.25, -0.2) is 9.59 Å². The Morgan fingerprint density at radius 1 is 0.944 bits per heavy atom. The standard InChI is InChI=1S/C12H18O6/c1-7(2)11(15)17-9(5-13)10(6-14)18-12(16)8(3)4/h9-10,13-14H,1,3,5-6H2,2,4H3. The van der Waals surface area contributed by atoms with Crippen molar-refractivity contribution in [2.45, 2.75) is 26.1 Å². The van der Waals surface area contributed by atoms with Crippen LogP contribution in [0.1, 0.15) is 13.8 Å².